The van der Waals surface area contributed by atoms with E-state index in [0.717, 1.165) is 122 Å². The zero-order chi connectivity index (χ0) is 59.1. The molecule has 9 heteroatoms. The zero-order valence-electron chi connectivity index (χ0n) is 52.4. The first-order valence-corrected chi connectivity index (χ1v) is 32.3. The van der Waals surface area contributed by atoms with E-state index in [1.54, 1.807) is 0 Å². The van der Waals surface area contributed by atoms with Crippen LogP contribution in [0.1, 0.15) is 245 Å². The molecule has 0 saturated carbocycles. The quantitative estimate of drug-likeness (QED) is 0.0211. The number of hydrogen-bond acceptors (Lipinski definition) is 7. The molecule has 0 fully saturated rings. The molecule has 2 atom stereocenters. The van der Waals surface area contributed by atoms with E-state index in [4.69, 9.17) is 18.9 Å². The molecule has 0 spiro atoms. The Kier molecular flexibility index (Phi) is 58.0. The summed E-state index contributed by atoms with van der Waals surface area (Å²) in [5, 5.41) is 9.72. The van der Waals surface area contributed by atoms with Crippen molar-refractivity contribution in [3.05, 3.63) is 134 Å². The van der Waals surface area contributed by atoms with Crippen molar-refractivity contribution in [2.24, 2.45) is 0 Å². The molecule has 0 amide bonds. The van der Waals surface area contributed by atoms with Crippen LogP contribution in [-0.2, 0) is 33.3 Å². The second-order valence-corrected chi connectivity index (χ2v) is 22.3. The highest BCUT2D eigenvalue weighted by atomic mass is 16.7. The maximum Gasteiger partial charge on any atom is 0.361 e. The van der Waals surface area contributed by atoms with Crippen molar-refractivity contribution >= 4 is 17.9 Å². The van der Waals surface area contributed by atoms with E-state index in [-0.39, 0.29) is 32.2 Å². The van der Waals surface area contributed by atoms with E-state index in [1.807, 2.05) is 21.1 Å². The van der Waals surface area contributed by atoms with E-state index < -0.39 is 24.3 Å². The average Bonchev–Trinajstić information content (AvgIpc) is 3.44. The molecule has 0 heterocycles. The molecule has 0 aromatic carbocycles. The van der Waals surface area contributed by atoms with Crippen LogP contribution in [0.2, 0.25) is 0 Å². The van der Waals surface area contributed by atoms with E-state index >= 15 is 0 Å². The Balaban J connectivity index is 4.23. The van der Waals surface area contributed by atoms with Crippen molar-refractivity contribution in [1.82, 2.24) is 0 Å². The summed E-state index contributed by atoms with van der Waals surface area (Å²) in [6.45, 7) is 4.74. The van der Waals surface area contributed by atoms with Crippen LogP contribution < -0.4 is 0 Å². The van der Waals surface area contributed by atoms with Gasteiger partial charge in [-0.15, -0.1) is 0 Å². The van der Waals surface area contributed by atoms with Crippen molar-refractivity contribution in [1.29, 1.82) is 0 Å². The molecule has 0 aromatic rings. The smallest absolute Gasteiger partial charge is 0.361 e. The fraction of sp³-hybridized carbons (Fsp3) is 0.653. The van der Waals surface area contributed by atoms with E-state index in [0.29, 0.717) is 23.9 Å². The van der Waals surface area contributed by atoms with Crippen LogP contribution in [0.5, 0.6) is 0 Å². The van der Waals surface area contributed by atoms with Crippen molar-refractivity contribution in [2.75, 3.05) is 47.5 Å². The number of quaternary nitrogens is 1. The van der Waals surface area contributed by atoms with Crippen molar-refractivity contribution in [2.45, 2.75) is 257 Å². The first-order chi connectivity index (χ1) is 39.6. The molecular formula is C72H120NO8+. The molecule has 9 nitrogen and oxygen atoms in total. The minimum absolute atomic E-state index is 0.178. The van der Waals surface area contributed by atoms with Crippen LogP contribution in [-0.4, -0.2) is 87.4 Å². The standard InChI is InChI=1S/C72H119NO8/c1-6-8-10-12-14-16-18-20-22-24-25-26-27-28-29-30-31-32-33-34-35-36-37-38-39-40-41-42-43-44-45-47-49-51-53-55-57-59-61-63-70(75)81-68(67-80-72(71(76)77)78-65-64-73(3,4)5)66-79-69(74)62-60-58-56-54-52-50-48-46-23-21-19-17-15-13-11-9-7-2/h8,10,14,16,20,22,25-26,28-29,31-32,34-35,37-38,40-41,43-44,47,49,68,72H,6-7,9,11-13,15,17-19,21,23-24,27,30,33,36,39,42,45-46,48,50-67H2,1-5H3/p+1/b10-8-,16-14-,22-20-,26-25-,29-28-,32-31-,35-34-,38-37-,41-40-,44-43-,49-47-. The molecule has 2 unspecified atom stereocenters. The topological polar surface area (TPSA) is 108 Å². The predicted molar refractivity (Wildman–Crippen MR) is 345 cm³/mol. The molecular weight excluding hydrogens is 1010 g/mol. The second-order valence-electron chi connectivity index (χ2n) is 22.3. The average molecular weight is 1130 g/mol. The molecule has 460 valence electrons. The van der Waals surface area contributed by atoms with Crippen LogP contribution in [0.3, 0.4) is 0 Å². The van der Waals surface area contributed by atoms with Gasteiger partial charge in [0, 0.05) is 12.8 Å². The van der Waals surface area contributed by atoms with Gasteiger partial charge in [0.15, 0.2) is 6.10 Å². The van der Waals surface area contributed by atoms with E-state index in [2.05, 4.69) is 148 Å². The molecule has 0 aliphatic heterocycles. The van der Waals surface area contributed by atoms with Crippen molar-refractivity contribution < 1.29 is 42.9 Å². The highest BCUT2D eigenvalue weighted by Gasteiger charge is 2.25. The van der Waals surface area contributed by atoms with Crippen LogP contribution in [0.25, 0.3) is 0 Å². The molecule has 0 aliphatic rings. The molecule has 1 N–H and O–H groups in total. The first-order valence-electron chi connectivity index (χ1n) is 32.3. The number of carbonyl (C=O) groups excluding carboxylic acids is 2. The first kappa shape index (κ1) is 76.4. The number of aliphatic carboxylic acids is 1. The van der Waals surface area contributed by atoms with Gasteiger partial charge in [0.05, 0.1) is 34.4 Å². The number of carboxylic acid groups (broad SMARTS) is 1. The molecule has 0 bridgehead atoms. The Hall–Kier alpha value is -4.57. The van der Waals surface area contributed by atoms with Gasteiger partial charge >= 0.3 is 17.9 Å². The number of ether oxygens (including phenoxy) is 4. The number of unbranched alkanes of at least 4 members (excludes halogenated alkanes) is 21. The summed E-state index contributed by atoms with van der Waals surface area (Å²) in [4.78, 5) is 37.5. The number of rotatable bonds is 58. The monoisotopic (exact) mass is 1130 g/mol. The number of esters is 2. The highest BCUT2D eigenvalue weighted by Crippen LogP contribution is 2.16. The molecule has 0 rings (SSSR count). The number of nitrogens with zero attached hydrogens (tertiary/aromatic N) is 1. The van der Waals surface area contributed by atoms with Gasteiger partial charge in [-0.2, -0.15) is 0 Å². The lowest BCUT2D eigenvalue weighted by Gasteiger charge is -2.25. The minimum atomic E-state index is -1.52. The zero-order valence-corrected chi connectivity index (χ0v) is 52.4. The SMILES string of the molecule is CC/C=C\C/C=C\C/C=C\C/C=C\C/C=C\C/C=C\C/C=C\C/C=C\C/C=C\C/C=C\C/C=C\CCCCCCCC(=O)OC(COC(=O)CCCCCCCCCCCCCCCCCCC)COC(OCC[N+](C)(C)C)C(=O)O. The largest absolute Gasteiger partial charge is 0.477 e. The van der Waals surface area contributed by atoms with Gasteiger partial charge in [-0.3, -0.25) is 9.59 Å². The van der Waals surface area contributed by atoms with E-state index in [1.165, 1.54) is 89.9 Å². The molecule has 0 saturated heterocycles. The Morgan fingerprint density at radius 1 is 0.383 bits per heavy atom. The van der Waals surface area contributed by atoms with Gasteiger partial charge in [0.1, 0.15) is 13.2 Å². The third-order valence-corrected chi connectivity index (χ3v) is 13.4. The predicted octanol–water partition coefficient (Wildman–Crippen LogP) is 19.8. The number of likely N-dealkylation sites (N-methyl/N-ethyl adjacent to an activating group) is 1. The summed E-state index contributed by atoms with van der Waals surface area (Å²) in [5.41, 5.74) is 0. The summed E-state index contributed by atoms with van der Waals surface area (Å²) >= 11 is 0. The molecule has 0 radical (unpaired) electrons. The lowest BCUT2D eigenvalue weighted by Crippen LogP contribution is -2.40. The highest BCUT2D eigenvalue weighted by molar-refractivity contribution is 5.71. The number of carbonyl (C=O) groups is 3. The number of hydrogen-bond donors (Lipinski definition) is 1. The molecule has 81 heavy (non-hydrogen) atoms. The third-order valence-electron chi connectivity index (χ3n) is 13.4. The Morgan fingerprint density at radius 2 is 0.704 bits per heavy atom. The normalized spacial score (nSPS) is 13.6. The third kappa shape index (κ3) is 62.9. The Labute approximate surface area is 497 Å². The maximum atomic E-state index is 12.9. The van der Waals surface area contributed by atoms with E-state index in [9.17, 15) is 19.5 Å². The lowest BCUT2D eigenvalue weighted by molar-refractivity contribution is -0.870. The maximum absolute atomic E-state index is 12.9. The van der Waals surface area contributed by atoms with Crippen molar-refractivity contribution in [3.8, 4) is 0 Å². The van der Waals surface area contributed by atoms with Gasteiger partial charge in [-0.25, -0.2) is 4.79 Å². The summed E-state index contributed by atoms with van der Waals surface area (Å²) in [7, 11) is 5.96. The summed E-state index contributed by atoms with van der Waals surface area (Å²) in [6.07, 6.45) is 85.4. The van der Waals surface area contributed by atoms with Crippen molar-refractivity contribution in [3.63, 3.8) is 0 Å². The van der Waals surface area contributed by atoms with Crippen LogP contribution in [0.15, 0.2) is 134 Å². The van der Waals surface area contributed by atoms with Crippen LogP contribution in [0.4, 0.5) is 0 Å². The van der Waals surface area contributed by atoms with Gasteiger partial charge in [0.2, 0.25) is 0 Å². The number of allylic oxidation sites excluding steroid dienone is 22. The fourth-order valence-corrected chi connectivity index (χ4v) is 8.49. The molecule has 0 aromatic heterocycles. The lowest BCUT2D eigenvalue weighted by atomic mass is 10.0. The minimum Gasteiger partial charge on any atom is -0.477 e. The summed E-state index contributed by atoms with van der Waals surface area (Å²) in [6, 6.07) is 0. The summed E-state index contributed by atoms with van der Waals surface area (Å²) < 4.78 is 22.9. The fourth-order valence-electron chi connectivity index (χ4n) is 8.49. The number of carboxylic acids is 1. The Morgan fingerprint density at radius 3 is 1.05 bits per heavy atom. The van der Waals surface area contributed by atoms with Crippen LogP contribution in [0, 0.1) is 0 Å². The van der Waals surface area contributed by atoms with Gasteiger partial charge < -0.3 is 28.5 Å². The summed E-state index contributed by atoms with van der Waals surface area (Å²) in [5.74, 6) is -2.04. The van der Waals surface area contributed by atoms with Crippen LogP contribution >= 0.6 is 0 Å². The van der Waals surface area contributed by atoms with Gasteiger partial charge in [-0.1, -0.05) is 270 Å². The van der Waals surface area contributed by atoms with Gasteiger partial charge in [-0.05, 0) is 96.3 Å². The van der Waals surface area contributed by atoms with Gasteiger partial charge in [0.25, 0.3) is 6.29 Å². The second kappa shape index (κ2) is 61.5. The molecule has 0 aliphatic carbocycles. The Bertz CT molecular complexity index is 1790.